The summed E-state index contributed by atoms with van der Waals surface area (Å²) < 4.78 is 0. The van der Waals surface area contributed by atoms with Gasteiger partial charge in [-0.25, -0.2) is 0 Å². The Kier molecular flexibility index (Phi) is 7.25. The lowest BCUT2D eigenvalue weighted by Crippen LogP contribution is -2.31. The van der Waals surface area contributed by atoms with Crippen LogP contribution in [-0.2, 0) is 0 Å². The zero-order chi connectivity index (χ0) is 10.3. The maximum Gasteiger partial charge on any atom is 0.0781 e. The molecular weight excluding hydrogens is 178 g/mol. The van der Waals surface area contributed by atoms with Gasteiger partial charge in [0.05, 0.1) is 4.99 Å². The second-order valence-corrected chi connectivity index (χ2v) is 4.30. The van der Waals surface area contributed by atoms with E-state index in [0.29, 0.717) is 5.92 Å². The van der Waals surface area contributed by atoms with Gasteiger partial charge in [0.15, 0.2) is 0 Å². The Morgan fingerprint density at radius 2 is 2.08 bits per heavy atom. The van der Waals surface area contributed by atoms with Crippen LogP contribution in [0.15, 0.2) is 0 Å². The van der Waals surface area contributed by atoms with Gasteiger partial charge in [0, 0.05) is 19.5 Å². The molecule has 0 aromatic rings. The van der Waals surface area contributed by atoms with Crippen LogP contribution < -0.4 is 0 Å². The van der Waals surface area contributed by atoms with E-state index in [2.05, 4.69) is 32.6 Å². The molecule has 0 spiro atoms. The molecule has 0 saturated heterocycles. The zero-order valence-electron chi connectivity index (χ0n) is 9.18. The van der Waals surface area contributed by atoms with Gasteiger partial charge in [-0.2, -0.15) is 0 Å². The van der Waals surface area contributed by atoms with Crippen LogP contribution >= 0.6 is 12.2 Å². The molecule has 77 valence electrons. The lowest BCUT2D eigenvalue weighted by atomic mass is 10.1. The molecule has 2 heteroatoms. The van der Waals surface area contributed by atoms with Crippen LogP contribution in [-0.4, -0.2) is 23.0 Å². The first-order valence-electron chi connectivity index (χ1n) is 5.18. The Balaban J connectivity index is 3.84. The third kappa shape index (κ3) is 6.03. The van der Waals surface area contributed by atoms with Crippen molar-refractivity contribution in [2.24, 2.45) is 5.92 Å². The van der Waals surface area contributed by atoms with Crippen molar-refractivity contribution < 1.29 is 0 Å². The minimum Gasteiger partial charge on any atom is -0.366 e. The van der Waals surface area contributed by atoms with Crippen LogP contribution in [0.25, 0.3) is 0 Å². The smallest absolute Gasteiger partial charge is 0.0781 e. The van der Waals surface area contributed by atoms with Crippen LogP contribution in [0.4, 0.5) is 0 Å². The second kappa shape index (κ2) is 7.31. The maximum absolute atomic E-state index is 5.35. The summed E-state index contributed by atoms with van der Waals surface area (Å²) in [4.78, 5) is 3.30. The molecule has 0 aliphatic heterocycles. The van der Waals surface area contributed by atoms with Gasteiger partial charge < -0.3 is 4.90 Å². The number of unbranched alkanes of at least 4 members (excludes halogenated alkanes) is 1. The monoisotopic (exact) mass is 200 g/mol. The van der Waals surface area contributed by atoms with Crippen molar-refractivity contribution in [2.75, 3.05) is 13.1 Å². The van der Waals surface area contributed by atoms with Gasteiger partial charge >= 0.3 is 0 Å². The first kappa shape index (κ1) is 12.9. The summed E-state index contributed by atoms with van der Waals surface area (Å²) in [5, 5.41) is 0. The molecule has 1 radical (unpaired) electrons. The minimum absolute atomic E-state index is 0.656. The average molecular weight is 200 g/mol. The SMILES string of the molecule is [CH2]CN(CCCC)C(=S)CC(C)C. The molecule has 13 heavy (non-hydrogen) atoms. The van der Waals surface area contributed by atoms with Crippen LogP contribution in [0.3, 0.4) is 0 Å². The lowest BCUT2D eigenvalue weighted by molar-refractivity contribution is 0.436. The Morgan fingerprint density at radius 3 is 2.46 bits per heavy atom. The first-order valence-corrected chi connectivity index (χ1v) is 5.59. The van der Waals surface area contributed by atoms with E-state index in [4.69, 9.17) is 12.2 Å². The third-order valence-electron chi connectivity index (χ3n) is 1.99. The van der Waals surface area contributed by atoms with Crippen molar-refractivity contribution in [3.8, 4) is 0 Å². The fraction of sp³-hybridized carbons (Fsp3) is 0.818. The Bertz CT molecular complexity index is 143. The van der Waals surface area contributed by atoms with Crippen LogP contribution in [0, 0.1) is 12.8 Å². The topological polar surface area (TPSA) is 3.24 Å². The van der Waals surface area contributed by atoms with E-state index in [1.165, 1.54) is 12.8 Å². The summed E-state index contributed by atoms with van der Waals surface area (Å²) >= 11 is 5.35. The van der Waals surface area contributed by atoms with Gasteiger partial charge in [0.2, 0.25) is 0 Å². The number of thiocarbonyl (C=S) groups is 1. The van der Waals surface area contributed by atoms with E-state index in [9.17, 15) is 0 Å². The van der Waals surface area contributed by atoms with Crippen molar-refractivity contribution in [3.05, 3.63) is 6.92 Å². The summed E-state index contributed by atoms with van der Waals surface area (Å²) in [6, 6.07) is 0. The highest BCUT2D eigenvalue weighted by atomic mass is 32.1. The standard InChI is InChI=1S/C11H22NS/c1-5-7-8-12(6-2)11(13)9-10(3)4/h10H,2,5-9H2,1,3-4H3. The van der Waals surface area contributed by atoms with Crippen molar-refractivity contribution in [2.45, 2.75) is 40.0 Å². The largest absolute Gasteiger partial charge is 0.366 e. The van der Waals surface area contributed by atoms with E-state index in [1.807, 2.05) is 0 Å². The number of rotatable bonds is 6. The normalized spacial score (nSPS) is 10.5. The lowest BCUT2D eigenvalue weighted by Gasteiger charge is -2.24. The van der Waals surface area contributed by atoms with Gasteiger partial charge in [-0.05, 0) is 19.3 Å². The first-order chi connectivity index (χ1) is 6.11. The molecule has 0 fully saturated rings. The summed E-state index contributed by atoms with van der Waals surface area (Å²) in [6.07, 6.45) is 3.46. The Hall–Kier alpha value is -0.110. The molecule has 0 amide bonds. The number of hydrogen-bond donors (Lipinski definition) is 0. The minimum atomic E-state index is 0.656. The molecule has 0 heterocycles. The van der Waals surface area contributed by atoms with Crippen molar-refractivity contribution in [3.63, 3.8) is 0 Å². The average Bonchev–Trinajstić information content (AvgIpc) is 2.04. The van der Waals surface area contributed by atoms with E-state index in [1.54, 1.807) is 0 Å². The molecule has 0 atom stereocenters. The Morgan fingerprint density at radius 1 is 1.46 bits per heavy atom. The second-order valence-electron chi connectivity index (χ2n) is 3.83. The van der Waals surface area contributed by atoms with E-state index < -0.39 is 0 Å². The molecular formula is C11H22NS. The zero-order valence-corrected chi connectivity index (χ0v) is 9.99. The Labute approximate surface area is 88.5 Å². The summed E-state index contributed by atoms with van der Waals surface area (Å²) in [7, 11) is 0. The van der Waals surface area contributed by atoms with Crippen LogP contribution in [0.2, 0.25) is 0 Å². The van der Waals surface area contributed by atoms with E-state index in [-0.39, 0.29) is 0 Å². The van der Waals surface area contributed by atoms with Gasteiger partial charge in [0.25, 0.3) is 0 Å². The molecule has 0 unspecified atom stereocenters. The molecule has 0 rings (SSSR count). The van der Waals surface area contributed by atoms with Gasteiger partial charge in [-0.15, -0.1) is 0 Å². The van der Waals surface area contributed by atoms with E-state index in [0.717, 1.165) is 24.5 Å². The summed E-state index contributed by atoms with van der Waals surface area (Å²) in [5.41, 5.74) is 0. The fourth-order valence-corrected chi connectivity index (χ4v) is 1.70. The molecule has 0 N–H and O–H groups in total. The quantitative estimate of drug-likeness (QED) is 0.605. The highest BCUT2D eigenvalue weighted by Gasteiger charge is 2.07. The highest BCUT2D eigenvalue weighted by Crippen LogP contribution is 2.07. The molecule has 0 saturated carbocycles. The summed E-state index contributed by atoms with van der Waals surface area (Å²) in [6.45, 7) is 12.4. The van der Waals surface area contributed by atoms with Gasteiger partial charge in [0.1, 0.15) is 0 Å². The van der Waals surface area contributed by atoms with Crippen LogP contribution in [0.5, 0.6) is 0 Å². The maximum atomic E-state index is 5.35. The van der Waals surface area contributed by atoms with Crippen molar-refractivity contribution in [1.29, 1.82) is 0 Å². The number of nitrogens with zero attached hydrogens (tertiary/aromatic N) is 1. The summed E-state index contributed by atoms with van der Waals surface area (Å²) in [5.74, 6) is 0.656. The molecule has 0 aliphatic carbocycles. The third-order valence-corrected chi connectivity index (χ3v) is 2.41. The predicted octanol–water partition coefficient (Wildman–Crippen LogP) is 3.30. The highest BCUT2D eigenvalue weighted by molar-refractivity contribution is 7.80. The van der Waals surface area contributed by atoms with Crippen LogP contribution in [0.1, 0.15) is 40.0 Å². The van der Waals surface area contributed by atoms with E-state index >= 15 is 0 Å². The molecule has 0 bridgehead atoms. The van der Waals surface area contributed by atoms with Crippen molar-refractivity contribution >= 4 is 17.2 Å². The van der Waals surface area contributed by atoms with Gasteiger partial charge in [-0.1, -0.05) is 39.4 Å². The molecule has 0 aromatic heterocycles. The molecule has 0 aliphatic rings. The van der Waals surface area contributed by atoms with Gasteiger partial charge in [-0.3, -0.25) is 0 Å². The number of hydrogen-bond acceptors (Lipinski definition) is 1. The fourth-order valence-electron chi connectivity index (χ4n) is 1.19. The predicted molar refractivity (Wildman–Crippen MR) is 63.9 cm³/mol. The molecule has 1 nitrogen and oxygen atoms in total. The molecule has 0 aromatic carbocycles. The van der Waals surface area contributed by atoms with Crippen molar-refractivity contribution in [1.82, 2.24) is 4.90 Å².